The van der Waals surface area contributed by atoms with Gasteiger partial charge in [0.15, 0.2) is 11.5 Å². The summed E-state index contributed by atoms with van der Waals surface area (Å²) in [4.78, 5) is 15.1. The molecule has 144 valence electrons. The zero-order valence-electron chi connectivity index (χ0n) is 15.8. The highest BCUT2D eigenvalue weighted by Crippen LogP contribution is 2.37. The number of unbranched alkanes of at least 4 members (excludes halogenated alkanes) is 4. The number of thioether (sulfide) groups is 1. The first-order valence-corrected chi connectivity index (χ1v) is 10.6. The Balaban J connectivity index is 1.68. The summed E-state index contributed by atoms with van der Waals surface area (Å²) in [5.41, 5.74) is 1.91. The smallest absolute Gasteiger partial charge is 0.266 e. The number of rotatable bonds is 8. The van der Waals surface area contributed by atoms with Gasteiger partial charge in [-0.3, -0.25) is 9.69 Å². The van der Waals surface area contributed by atoms with E-state index in [9.17, 15) is 4.79 Å². The maximum atomic E-state index is 12.7. The molecular weight excluding hydrogens is 378 g/mol. The van der Waals surface area contributed by atoms with Crippen LogP contribution in [0.1, 0.15) is 44.6 Å². The first kappa shape index (κ1) is 20.0. The summed E-state index contributed by atoms with van der Waals surface area (Å²) in [6.07, 6.45) is 9.76. The molecule has 6 heteroatoms. The van der Waals surface area contributed by atoms with Crippen molar-refractivity contribution in [2.24, 2.45) is 0 Å². The lowest BCUT2D eigenvalue weighted by molar-refractivity contribution is -0.122. The van der Waals surface area contributed by atoms with Crippen molar-refractivity contribution in [2.75, 3.05) is 20.3 Å². The average molecular weight is 404 g/mol. The van der Waals surface area contributed by atoms with Gasteiger partial charge >= 0.3 is 0 Å². The normalized spacial score (nSPS) is 17.8. The van der Waals surface area contributed by atoms with Crippen molar-refractivity contribution < 1.29 is 14.3 Å². The van der Waals surface area contributed by atoms with Crippen LogP contribution >= 0.6 is 24.0 Å². The summed E-state index contributed by atoms with van der Waals surface area (Å²) in [5, 5.41) is 0. The number of fused-ring (bicyclic) bond motifs is 1. The zero-order valence-corrected chi connectivity index (χ0v) is 17.5. The van der Waals surface area contributed by atoms with Crippen molar-refractivity contribution in [3.63, 3.8) is 0 Å². The van der Waals surface area contributed by atoms with E-state index >= 15 is 0 Å². The molecular formula is C21H25NO3S2. The van der Waals surface area contributed by atoms with Crippen LogP contribution in [0.2, 0.25) is 0 Å². The molecule has 1 fully saturated rings. The van der Waals surface area contributed by atoms with Gasteiger partial charge < -0.3 is 9.47 Å². The van der Waals surface area contributed by atoms with Gasteiger partial charge in [-0.15, -0.1) is 0 Å². The second kappa shape index (κ2) is 9.42. The van der Waals surface area contributed by atoms with E-state index in [-0.39, 0.29) is 5.91 Å². The summed E-state index contributed by atoms with van der Waals surface area (Å²) in [6.45, 7) is 3.32. The highest BCUT2D eigenvalue weighted by Gasteiger charge is 2.31. The molecule has 0 aliphatic carbocycles. The number of methoxy groups -OCH3 is 1. The molecule has 1 saturated heterocycles. The van der Waals surface area contributed by atoms with Crippen LogP contribution in [-0.4, -0.2) is 35.4 Å². The SMILES string of the molecule is CCCCCCCN1C(=O)C(=CC2=Cc3cccc(OC)c3OC2)SC1=S. The fourth-order valence-electron chi connectivity index (χ4n) is 3.18. The van der Waals surface area contributed by atoms with Gasteiger partial charge in [-0.1, -0.05) is 68.7 Å². The second-order valence-electron chi connectivity index (χ2n) is 6.63. The molecule has 0 aromatic heterocycles. The van der Waals surface area contributed by atoms with Crippen LogP contribution in [-0.2, 0) is 4.79 Å². The summed E-state index contributed by atoms with van der Waals surface area (Å²) in [6, 6.07) is 5.79. The van der Waals surface area contributed by atoms with Gasteiger partial charge in [0.05, 0.1) is 12.0 Å². The number of hydrogen-bond acceptors (Lipinski definition) is 5. The molecule has 0 N–H and O–H groups in total. The Labute approximate surface area is 170 Å². The minimum Gasteiger partial charge on any atom is -0.493 e. The molecule has 0 bridgehead atoms. The Morgan fingerprint density at radius 2 is 2.11 bits per heavy atom. The molecule has 4 nitrogen and oxygen atoms in total. The number of carbonyl (C=O) groups is 1. The summed E-state index contributed by atoms with van der Waals surface area (Å²) in [7, 11) is 1.63. The molecule has 0 saturated carbocycles. The first-order chi connectivity index (χ1) is 13.1. The lowest BCUT2D eigenvalue weighted by atomic mass is 10.1. The number of ether oxygens (including phenoxy) is 2. The third kappa shape index (κ3) is 4.74. The van der Waals surface area contributed by atoms with Gasteiger partial charge in [0.1, 0.15) is 10.9 Å². The number of carbonyl (C=O) groups excluding carboxylic acids is 1. The van der Waals surface area contributed by atoms with Crippen LogP contribution < -0.4 is 9.47 Å². The topological polar surface area (TPSA) is 38.8 Å². The molecule has 1 aromatic carbocycles. The standard InChI is InChI=1S/C21H25NO3S2/c1-3-4-5-6-7-11-22-20(23)18(27-21(22)26)13-15-12-16-9-8-10-17(24-2)19(16)25-14-15/h8-10,12-13H,3-7,11,14H2,1-2H3. The third-order valence-corrected chi connectivity index (χ3v) is 6.01. The van der Waals surface area contributed by atoms with Crippen molar-refractivity contribution in [1.29, 1.82) is 0 Å². The van der Waals surface area contributed by atoms with Crippen molar-refractivity contribution >= 4 is 40.3 Å². The molecule has 2 aliphatic heterocycles. The van der Waals surface area contributed by atoms with Crippen LogP contribution in [0, 0.1) is 0 Å². The summed E-state index contributed by atoms with van der Waals surface area (Å²) < 4.78 is 11.8. The maximum absolute atomic E-state index is 12.7. The summed E-state index contributed by atoms with van der Waals surface area (Å²) in [5.74, 6) is 1.48. The van der Waals surface area contributed by atoms with Crippen molar-refractivity contribution in [1.82, 2.24) is 4.90 Å². The molecule has 2 aliphatic rings. The number of thiocarbonyl (C=S) groups is 1. The van der Waals surface area contributed by atoms with Crippen LogP contribution in [0.5, 0.6) is 11.5 Å². The van der Waals surface area contributed by atoms with E-state index in [1.807, 2.05) is 30.4 Å². The molecule has 0 unspecified atom stereocenters. The maximum Gasteiger partial charge on any atom is 0.266 e. The molecule has 0 spiro atoms. The number of amides is 1. The van der Waals surface area contributed by atoms with Crippen LogP contribution in [0.3, 0.4) is 0 Å². The number of benzene rings is 1. The first-order valence-electron chi connectivity index (χ1n) is 9.39. The minimum absolute atomic E-state index is 0.0119. The minimum atomic E-state index is 0.0119. The predicted octanol–water partition coefficient (Wildman–Crippen LogP) is 5.19. The highest BCUT2D eigenvalue weighted by atomic mass is 32.2. The monoisotopic (exact) mass is 403 g/mol. The lowest BCUT2D eigenvalue weighted by Crippen LogP contribution is -2.29. The molecule has 27 heavy (non-hydrogen) atoms. The van der Waals surface area contributed by atoms with Gasteiger partial charge in [0.2, 0.25) is 0 Å². The van der Waals surface area contributed by atoms with E-state index in [4.69, 9.17) is 21.7 Å². The van der Waals surface area contributed by atoms with Crippen molar-refractivity contribution in [3.8, 4) is 11.5 Å². The quantitative estimate of drug-likeness (QED) is 0.339. The largest absolute Gasteiger partial charge is 0.493 e. The van der Waals surface area contributed by atoms with E-state index in [0.717, 1.165) is 35.5 Å². The molecule has 3 rings (SSSR count). The Bertz CT molecular complexity index is 786. The van der Waals surface area contributed by atoms with E-state index in [2.05, 4.69) is 6.92 Å². The fraction of sp³-hybridized carbons (Fsp3) is 0.429. The van der Waals surface area contributed by atoms with Crippen LogP contribution in [0.15, 0.2) is 34.8 Å². The van der Waals surface area contributed by atoms with Crippen LogP contribution in [0.25, 0.3) is 6.08 Å². The van der Waals surface area contributed by atoms with Crippen molar-refractivity contribution in [3.05, 3.63) is 40.3 Å². The number of para-hydroxylation sites is 1. The fourth-order valence-corrected chi connectivity index (χ4v) is 4.50. The van der Waals surface area contributed by atoms with E-state index in [1.165, 1.54) is 31.0 Å². The summed E-state index contributed by atoms with van der Waals surface area (Å²) >= 11 is 6.80. The van der Waals surface area contributed by atoms with Gasteiger partial charge in [-0.2, -0.15) is 0 Å². The van der Waals surface area contributed by atoms with E-state index < -0.39 is 0 Å². The van der Waals surface area contributed by atoms with Crippen molar-refractivity contribution in [2.45, 2.75) is 39.0 Å². The second-order valence-corrected chi connectivity index (χ2v) is 8.31. The number of nitrogens with zero attached hydrogens (tertiary/aromatic N) is 1. The molecule has 1 aromatic rings. The zero-order chi connectivity index (χ0) is 19.2. The molecule has 2 heterocycles. The molecule has 0 radical (unpaired) electrons. The molecule has 1 amide bonds. The van der Waals surface area contributed by atoms with Gasteiger partial charge in [-0.05, 0) is 30.2 Å². The van der Waals surface area contributed by atoms with Gasteiger partial charge in [0.25, 0.3) is 5.91 Å². The highest BCUT2D eigenvalue weighted by molar-refractivity contribution is 8.26. The van der Waals surface area contributed by atoms with Gasteiger partial charge in [-0.25, -0.2) is 0 Å². The Morgan fingerprint density at radius 3 is 2.89 bits per heavy atom. The average Bonchev–Trinajstić information content (AvgIpc) is 2.94. The molecule has 0 atom stereocenters. The number of hydrogen-bond donors (Lipinski definition) is 0. The Morgan fingerprint density at radius 1 is 1.30 bits per heavy atom. The Kier molecular flexibility index (Phi) is 6.96. The third-order valence-electron chi connectivity index (χ3n) is 4.63. The van der Waals surface area contributed by atoms with Crippen LogP contribution in [0.4, 0.5) is 0 Å². The Hall–Kier alpha value is -1.79. The lowest BCUT2D eigenvalue weighted by Gasteiger charge is -2.18. The van der Waals surface area contributed by atoms with E-state index in [0.29, 0.717) is 22.4 Å². The van der Waals surface area contributed by atoms with E-state index in [1.54, 1.807) is 12.0 Å². The van der Waals surface area contributed by atoms with Gasteiger partial charge in [0, 0.05) is 12.1 Å². The predicted molar refractivity (Wildman–Crippen MR) is 115 cm³/mol.